The topological polar surface area (TPSA) is 29.3 Å². The molecule has 3 rings (SSSR count). The molecule has 0 amide bonds. The normalized spacial score (nSPS) is 45.3. The Morgan fingerprint density at radius 3 is 2.55 bits per heavy atom. The van der Waals surface area contributed by atoms with Gasteiger partial charge in [-0.15, -0.1) is 0 Å². The van der Waals surface area contributed by atoms with E-state index in [0.717, 1.165) is 24.4 Å². The van der Waals surface area contributed by atoms with Crippen LogP contribution in [0.5, 0.6) is 0 Å². The molecule has 0 bridgehead atoms. The number of nitrogens with two attached hydrogens (primary N) is 1. The third kappa shape index (κ3) is 2.33. The highest BCUT2D eigenvalue weighted by Gasteiger charge is 2.51. The van der Waals surface area contributed by atoms with Crippen molar-refractivity contribution in [1.29, 1.82) is 0 Å². The predicted octanol–water partition coefficient (Wildman–Crippen LogP) is 3.79. The molecule has 116 valence electrons. The van der Waals surface area contributed by atoms with E-state index in [-0.39, 0.29) is 0 Å². The van der Waals surface area contributed by atoms with Crippen molar-refractivity contribution in [3.05, 3.63) is 0 Å². The van der Waals surface area contributed by atoms with E-state index in [1.165, 1.54) is 57.9 Å². The van der Waals surface area contributed by atoms with Crippen LogP contribution in [0, 0.1) is 17.3 Å². The van der Waals surface area contributed by atoms with Crippen molar-refractivity contribution in [2.45, 2.75) is 83.7 Å². The molecule has 2 heteroatoms. The van der Waals surface area contributed by atoms with Crippen LogP contribution in [0.2, 0.25) is 0 Å². The molecule has 4 atom stereocenters. The third-order valence-corrected chi connectivity index (χ3v) is 6.95. The molecule has 0 aromatic rings. The average molecular weight is 278 g/mol. The zero-order valence-corrected chi connectivity index (χ0v) is 13.8. The van der Waals surface area contributed by atoms with E-state index < -0.39 is 0 Å². The molecule has 0 aromatic carbocycles. The van der Waals surface area contributed by atoms with Crippen LogP contribution in [-0.4, -0.2) is 29.6 Å². The molecule has 3 aliphatic rings. The zero-order chi connectivity index (χ0) is 14.4. The van der Waals surface area contributed by atoms with Crippen LogP contribution in [0.25, 0.3) is 0 Å². The van der Waals surface area contributed by atoms with Crippen molar-refractivity contribution >= 4 is 0 Å². The molecule has 2 N–H and O–H groups in total. The van der Waals surface area contributed by atoms with Crippen molar-refractivity contribution in [2.24, 2.45) is 23.0 Å². The van der Waals surface area contributed by atoms with E-state index >= 15 is 0 Å². The van der Waals surface area contributed by atoms with Gasteiger partial charge in [0.05, 0.1) is 0 Å². The van der Waals surface area contributed by atoms with Crippen LogP contribution in [0.15, 0.2) is 0 Å². The fourth-order valence-electron chi connectivity index (χ4n) is 5.73. The zero-order valence-electron chi connectivity index (χ0n) is 13.8. The van der Waals surface area contributed by atoms with Crippen LogP contribution in [0.3, 0.4) is 0 Å². The van der Waals surface area contributed by atoms with Gasteiger partial charge in [-0.2, -0.15) is 0 Å². The fourth-order valence-corrected chi connectivity index (χ4v) is 5.73. The van der Waals surface area contributed by atoms with E-state index in [0.29, 0.717) is 11.0 Å². The maximum atomic E-state index is 6.38. The van der Waals surface area contributed by atoms with Crippen LogP contribution in [0.4, 0.5) is 0 Å². The number of hydrogen-bond acceptors (Lipinski definition) is 2. The van der Waals surface area contributed by atoms with Crippen LogP contribution in [0.1, 0.15) is 72.1 Å². The van der Waals surface area contributed by atoms with Gasteiger partial charge in [-0.25, -0.2) is 0 Å². The summed E-state index contributed by atoms with van der Waals surface area (Å²) in [6.45, 7) is 9.54. The highest BCUT2D eigenvalue weighted by atomic mass is 15.3. The minimum absolute atomic E-state index is 0.312. The molecule has 2 saturated carbocycles. The molecule has 1 saturated heterocycles. The van der Waals surface area contributed by atoms with Gasteiger partial charge in [0.25, 0.3) is 0 Å². The van der Waals surface area contributed by atoms with Gasteiger partial charge < -0.3 is 5.73 Å². The Bertz CT molecular complexity index is 351. The summed E-state index contributed by atoms with van der Waals surface area (Å²) in [6, 6.07) is 0.857. The van der Waals surface area contributed by atoms with Gasteiger partial charge in [-0.3, -0.25) is 4.90 Å². The first-order valence-corrected chi connectivity index (χ1v) is 8.95. The van der Waals surface area contributed by atoms with Crippen LogP contribution in [-0.2, 0) is 0 Å². The van der Waals surface area contributed by atoms with Gasteiger partial charge in [0.1, 0.15) is 0 Å². The predicted molar refractivity (Wildman–Crippen MR) is 85.7 cm³/mol. The van der Waals surface area contributed by atoms with E-state index in [1.807, 2.05) is 0 Å². The van der Waals surface area contributed by atoms with Gasteiger partial charge >= 0.3 is 0 Å². The molecule has 4 unspecified atom stereocenters. The third-order valence-electron chi connectivity index (χ3n) is 6.95. The summed E-state index contributed by atoms with van der Waals surface area (Å²) in [6.07, 6.45) is 11.3. The molecular weight excluding hydrogens is 244 g/mol. The standard InChI is InChI=1S/C18H34N2/c1-14-12-17(2,3)9-10-18(14,13-19)20-11-8-15-6-4-5-7-16(15)20/h14-16H,4-13,19H2,1-3H3. The Labute approximate surface area is 125 Å². The number of fused-ring (bicyclic) bond motifs is 1. The minimum Gasteiger partial charge on any atom is -0.329 e. The van der Waals surface area contributed by atoms with Crippen molar-refractivity contribution in [2.75, 3.05) is 13.1 Å². The molecule has 20 heavy (non-hydrogen) atoms. The second kappa shape index (κ2) is 5.28. The first kappa shape index (κ1) is 14.8. The Kier molecular flexibility index (Phi) is 3.92. The number of nitrogens with zero attached hydrogens (tertiary/aromatic N) is 1. The largest absolute Gasteiger partial charge is 0.329 e. The van der Waals surface area contributed by atoms with Gasteiger partial charge in [0, 0.05) is 18.1 Å². The minimum atomic E-state index is 0.312. The lowest BCUT2D eigenvalue weighted by Gasteiger charge is -2.55. The second-order valence-corrected chi connectivity index (χ2v) is 8.67. The van der Waals surface area contributed by atoms with Gasteiger partial charge in [-0.1, -0.05) is 33.6 Å². The van der Waals surface area contributed by atoms with Gasteiger partial charge in [0.2, 0.25) is 0 Å². The first-order chi connectivity index (χ1) is 9.48. The summed E-state index contributed by atoms with van der Waals surface area (Å²) < 4.78 is 0. The quantitative estimate of drug-likeness (QED) is 0.832. The lowest BCUT2D eigenvalue weighted by molar-refractivity contribution is -0.0397. The lowest BCUT2D eigenvalue weighted by atomic mass is 9.62. The molecular formula is C18H34N2. The molecule has 2 aliphatic carbocycles. The van der Waals surface area contributed by atoms with Crippen molar-refractivity contribution < 1.29 is 0 Å². The summed E-state index contributed by atoms with van der Waals surface area (Å²) >= 11 is 0. The number of rotatable bonds is 2. The molecule has 2 nitrogen and oxygen atoms in total. The number of hydrogen-bond donors (Lipinski definition) is 1. The van der Waals surface area contributed by atoms with Crippen molar-refractivity contribution in [3.63, 3.8) is 0 Å². The van der Waals surface area contributed by atoms with Crippen molar-refractivity contribution in [3.8, 4) is 0 Å². The SMILES string of the molecule is CC1CC(C)(C)CCC1(CN)N1CCC2CCCCC21. The highest BCUT2D eigenvalue weighted by Crippen LogP contribution is 2.50. The lowest BCUT2D eigenvalue weighted by Crippen LogP contribution is -2.62. The number of likely N-dealkylation sites (tertiary alicyclic amines) is 1. The molecule has 0 radical (unpaired) electrons. The Morgan fingerprint density at radius 1 is 1.10 bits per heavy atom. The van der Waals surface area contributed by atoms with Crippen LogP contribution >= 0.6 is 0 Å². The Hall–Kier alpha value is -0.0800. The second-order valence-electron chi connectivity index (χ2n) is 8.67. The fraction of sp³-hybridized carbons (Fsp3) is 1.00. The van der Waals surface area contributed by atoms with Gasteiger partial charge in [0.15, 0.2) is 0 Å². The van der Waals surface area contributed by atoms with E-state index in [4.69, 9.17) is 5.73 Å². The maximum absolute atomic E-state index is 6.38. The summed E-state index contributed by atoms with van der Waals surface area (Å²) in [7, 11) is 0. The van der Waals surface area contributed by atoms with E-state index in [9.17, 15) is 0 Å². The Morgan fingerprint density at radius 2 is 1.85 bits per heavy atom. The molecule has 1 heterocycles. The molecule has 3 fully saturated rings. The highest BCUT2D eigenvalue weighted by molar-refractivity contribution is 5.07. The molecule has 0 spiro atoms. The molecule has 1 aliphatic heterocycles. The van der Waals surface area contributed by atoms with Gasteiger partial charge in [-0.05, 0) is 62.3 Å². The summed E-state index contributed by atoms with van der Waals surface area (Å²) in [4.78, 5) is 2.90. The van der Waals surface area contributed by atoms with E-state index in [1.54, 1.807) is 0 Å². The van der Waals surface area contributed by atoms with Crippen molar-refractivity contribution in [1.82, 2.24) is 4.90 Å². The Balaban J connectivity index is 1.82. The summed E-state index contributed by atoms with van der Waals surface area (Å²) in [5.41, 5.74) is 7.21. The maximum Gasteiger partial charge on any atom is 0.0360 e. The summed E-state index contributed by atoms with van der Waals surface area (Å²) in [5.74, 6) is 1.73. The van der Waals surface area contributed by atoms with E-state index in [2.05, 4.69) is 25.7 Å². The summed E-state index contributed by atoms with van der Waals surface area (Å²) in [5, 5.41) is 0. The first-order valence-electron chi connectivity index (χ1n) is 8.95. The monoisotopic (exact) mass is 278 g/mol. The molecule has 0 aromatic heterocycles. The average Bonchev–Trinajstić information content (AvgIpc) is 2.83. The van der Waals surface area contributed by atoms with Crippen LogP contribution < -0.4 is 5.73 Å². The smallest absolute Gasteiger partial charge is 0.0360 e.